The van der Waals surface area contributed by atoms with Crippen molar-refractivity contribution in [1.82, 2.24) is 19.9 Å². The second kappa shape index (κ2) is 10.5. The van der Waals surface area contributed by atoms with Crippen molar-refractivity contribution in [2.45, 2.75) is 26.1 Å². The number of nitrogens with one attached hydrogen (secondary N) is 3. The van der Waals surface area contributed by atoms with E-state index < -0.39 is 18.0 Å². The topological polar surface area (TPSA) is 113 Å². The van der Waals surface area contributed by atoms with Gasteiger partial charge in [0.05, 0.1) is 11.4 Å². The number of nitrogens with zero attached hydrogens (tertiary/aromatic N) is 4. The molecule has 0 unspecified atom stereocenters. The number of rotatable bonds is 6. The molecule has 5 aromatic rings. The van der Waals surface area contributed by atoms with E-state index in [9.17, 15) is 9.59 Å². The van der Waals surface area contributed by atoms with Crippen LogP contribution in [-0.2, 0) is 4.79 Å². The summed E-state index contributed by atoms with van der Waals surface area (Å²) in [6.45, 7) is 4.13. The van der Waals surface area contributed by atoms with E-state index in [1.807, 2.05) is 78.9 Å². The average molecular weight is 530 g/mol. The van der Waals surface area contributed by atoms with Crippen molar-refractivity contribution < 1.29 is 9.59 Å². The first-order chi connectivity index (χ1) is 19.5. The molecule has 0 aliphatic carbocycles. The molecule has 3 heterocycles. The summed E-state index contributed by atoms with van der Waals surface area (Å²) in [5, 5.41) is 13.8. The molecular weight excluding hydrogens is 502 g/mol. The normalized spacial score (nSPS) is 14.7. The highest BCUT2D eigenvalue weighted by Gasteiger charge is 2.30. The van der Waals surface area contributed by atoms with Gasteiger partial charge in [-0.1, -0.05) is 60.7 Å². The largest absolute Gasteiger partial charge is 0.383 e. The number of carbonyl (C=O) groups is 2. The molecule has 1 atom stereocenters. The molecule has 40 heavy (non-hydrogen) atoms. The first-order valence-corrected chi connectivity index (χ1v) is 13.0. The quantitative estimate of drug-likeness (QED) is 0.294. The first-order valence-electron chi connectivity index (χ1n) is 13.0. The Labute approximate surface area is 231 Å². The van der Waals surface area contributed by atoms with Crippen LogP contribution >= 0.6 is 0 Å². The minimum Gasteiger partial charge on any atom is -0.383 e. The number of anilines is 2. The molecule has 2 amide bonds. The third-order valence-corrected chi connectivity index (χ3v) is 6.50. The number of benzene rings is 3. The predicted octanol–water partition coefficient (Wildman–Crippen LogP) is 4.76. The van der Waals surface area contributed by atoms with Crippen molar-refractivity contribution in [2.24, 2.45) is 4.99 Å². The van der Waals surface area contributed by atoms with E-state index >= 15 is 0 Å². The molecule has 0 fully saturated rings. The van der Waals surface area contributed by atoms with Gasteiger partial charge in [0.2, 0.25) is 6.17 Å². The molecule has 3 aromatic carbocycles. The highest BCUT2D eigenvalue weighted by molar-refractivity contribution is 6.20. The van der Waals surface area contributed by atoms with Crippen LogP contribution in [0.2, 0.25) is 0 Å². The number of fused-ring (bicyclic) bond motifs is 2. The zero-order valence-corrected chi connectivity index (χ0v) is 22.0. The Bertz CT molecular complexity index is 1740. The molecule has 9 heteroatoms. The van der Waals surface area contributed by atoms with Crippen molar-refractivity contribution >= 4 is 34.5 Å². The summed E-state index contributed by atoms with van der Waals surface area (Å²) in [6, 6.07) is 26.8. The van der Waals surface area contributed by atoms with Crippen molar-refractivity contribution in [3.8, 4) is 11.3 Å². The molecule has 0 spiro atoms. The number of aromatic nitrogens is 3. The SMILES string of the molecule is CC(C)Nc1ccc(-c2nn3cccnc3c2C(=O)N[C@H]2N=C(c3ccccc3)c3ccccc3NC2=O)cc1. The molecule has 1 aliphatic rings. The maximum absolute atomic E-state index is 13.9. The zero-order valence-electron chi connectivity index (χ0n) is 22.0. The van der Waals surface area contributed by atoms with Crippen LogP contribution in [0.1, 0.15) is 35.3 Å². The molecule has 0 saturated carbocycles. The van der Waals surface area contributed by atoms with Gasteiger partial charge in [0, 0.05) is 40.8 Å². The van der Waals surface area contributed by atoms with Gasteiger partial charge in [-0.25, -0.2) is 14.5 Å². The van der Waals surface area contributed by atoms with Crippen LogP contribution in [0.4, 0.5) is 11.4 Å². The number of amides is 2. The second-order valence-corrected chi connectivity index (χ2v) is 9.74. The van der Waals surface area contributed by atoms with E-state index in [0.29, 0.717) is 22.7 Å². The van der Waals surface area contributed by atoms with Gasteiger partial charge in [-0.2, -0.15) is 5.10 Å². The molecule has 0 bridgehead atoms. The van der Waals surface area contributed by atoms with Crippen molar-refractivity contribution in [1.29, 1.82) is 0 Å². The lowest BCUT2D eigenvalue weighted by atomic mass is 10.0. The lowest BCUT2D eigenvalue weighted by Crippen LogP contribution is -2.42. The third kappa shape index (κ3) is 4.80. The third-order valence-electron chi connectivity index (χ3n) is 6.50. The highest BCUT2D eigenvalue weighted by atomic mass is 16.2. The summed E-state index contributed by atoms with van der Waals surface area (Å²) in [5.74, 6) is -0.947. The molecule has 0 saturated heterocycles. The Morgan fingerprint density at radius 1 is 0.925 bits per heavy atom. The van der Waals surface area contributed by atoms with Crippen LogP contribution in [0.5, 0.6) is 0 Å². The van der Waals surface area contributed by atoms with Gasteiger partial charge >= 0.3 is 0 Å². The summed E-state index contributed by atoms with van der Waals surface area (Å²) < 4.78 is 1.56. The van der Waals surface area contributed by atoms with Crippen molar-refractivity contribution in [2.75, 3.05) is 10.6 Å². The van der Waals surface area contributed by atoms with Gasteiger partial charge in [0.1, 0.15) is 11.3 Å². The minimum atomic E-state index is -1.18. The van der Waals surface area contributed by atoms with Crippen LogP contribution in [0.25, 0.3) is 16.9 Å². The Kier molecular flexibility index (Phi) is 6.53. The van der Waals surface area contributed by atoms with E-state index in [1.54, 1.807) is 23.0 Å². The first kappa shape index (κ1) is 25.0. The van der Waals surface area contributed by atoms with Gasteiger partial charge in [0.25, 0.3) is 11.8 Å². The highest BCUT2D eigenvalue weighted by Crippen LogP contribution is 2.28. The standard InChI is InChI=1S/C31H27N7O2/c1-19(2)33-22-15-13-21(14-16-22)27-25(29-32-17-8-18-38(29)37-27)30(39)36-28-31(40)34-24-12-7-6-11-23(24)26(35-28)20-9-4-3-5-10-20/h3-19,28,33H,1-2H3,(H,34,40)(H,36,39)/t28-/m1/s1. The maximum Gasteiger partial charge on any atom is 0.269 e. The van der Waals surface area contributed by atoms with E-state index in [0.717, 1.165) is 22.4 Å². The second-order valence-electron chi connectivity index (χ2n) is 9.74. The van der Waals surface area contributed by atoms with Gasteiger partial charge in [-0.05, 0) is 38.1 Å². The van der Waals surface area contributed by atoms with Crippen LogP contribution in [-0.4, -0.2) is 44.3 Å². The van der Waals surface area contributed by atoms with Crippen LogP contribution in [0, 0.1) is 0 Å². The fourth-order valence-electron chi connectivity index (χ4n) is 4.73. The van der Waals surface area contributed by atoms with E-state index in [4.69, 9.17) is 4.99 Å². The number of hydrogen-bond acceptors (Lipinski definition) is 6. The number of hydrogen-bond donors (Lipinski definition) is 3. The van der Waals surface area contributed by atoms with E-state index in [2.05, 4.69) is 39.9 Å². The van der Waals surface area contributed by atoms with Gasteiger partial charge in [-0.15, -0.1) is 0 Å². The van der Waals surface area contributed by atoms with Gasteiger partial charge in [0.15, 0.2) is 5.65 Å². The molecule has 6 rings (SSSR count). The summed E-state index contributed by atoms with van der Waals surface area (Å²) in [7, 11) is 0. The summed E-state index contributed by atoms with van der Waals surface area (Å²) in [5.41, 5.74) is 5.63. The number of aliphatic imine (C=N–C) groups is 1. The number of para-hydroxylation sites is 1. The molecule has 2 aromatic heterocycles. The molecular formula is C31H27N7O2. The fraction of sp³-hybridized carbons (Fsp3) is 0.129. The molecule has 0 radical (unpaired) electrons. The van der Waals surface area contributed by atoms with Gasteiger partial charge < -0.3 is 16.0 Å². The van der Waals surface area contributed by atoms with Crippen LogP contribution < -0.4 is 16.0 Å². The van der Waals surface area contributed by atoms with E-state index in [-0.39, 0.29) is 11.6 Å². The lowest BCUT2D eigenvalue weighted by Gasteiger charge is -2.14. The van der Waals surface area contributed by atoms with Crippen LogP contribution in [0.15, 0.2) is 102 Å². The predicted molar refractivity (Wildman–Crippen MR) is 156 cm³/mol. The molecule has 3 N–H and O–H groups in total. The monoisotopic (exact) mass is 529 g/mol. The lowest BCUT2D eigenvalue weighted by molar-refractivity contribution is -0.117. The summed E-state index contributed by atoms with van der Waals surface area (Å²) in [4.78, 5) is 36.4. The van der Waals surface area contributed by atoms with Crippen molar-refractivity contribution in [3.63, 3.8) is 0 Å². The van der Waals surface area contributed by atoms with E-state index in [1.165, 1.54) is 0 Å². The summed E-state index contributed by atoms with van der Waals surface area (Å²) in [6.07, 6.45) is 2.16. The van der Waals surface area contributed by atoms with Crippen LogP contribution in [0.3, 0.4) is 0 Å². The number of benzodiazepines with no additional fused rings is 1. The van der Waals surface area contributed by atoms with Crippen molar-refractivity contribution in [3.05, 3.63) is 114 Å². The Balaban J connectivity index is 1.40. The molecule has 198 valence electrons. The zero-order chi connectivity index (χ0) is 27.6. The number of carbonyl (C=O) groups excluding carboxylic acids is 2. The Morgan fingerprint density at radius 2 is 1.68 bits per heavy atom. The Morgan fingerprint density at radius 3 is 2.45 bits per heavy atom. The maximum atomic E-state index is 13.9. The minimum absolute atomic E-state index is 0.260. The Hall–Kier alpha value is -5.31. The molecule has 1 aliphatic heterocycles. The smallest absolute Gasteiger partial charge is 0.269 e. The summed E-state index contributed by atoms with van der Waals surface area (Å²) >= 11 is 0. The van der Waals surface area contributed by atoms with Gasteiger partial charge in [-0.3, -0.25) is 9.59 Å². The average Bonchev–Trinajstić information content (AvgIpc) is 3.29. The fourth-order valence-corrected chi connectivity index (χ4v) is 4.73. The molecule has 9 nitrogen and oxygen atoms in total.